The largest absolute Gasteiger partial charge is 0.497 e. The molecule has 0 saturated heterocycles. The molecule has 5 nitrogen and oxygen atoms in total. The van der Waals surface area contributed by atoms with Crippen LogP contribution in [0.25, 0.3) is 0 Å². The van der Waals surface area contributed by atoms with Gasteiger partial charge in [0.15, 0.2) is 4.20 Å². The minimum absolute atomic E-state index is 0.281. The minimum Gasteiger partial charge on any atom is -0.497 e. The lowest BCUT2D eigenvalue weighted by Gasteiger charge is -2.31. The first-order valence-corrected chi connectivity index (χ1v) is 10.1. The van der Waals surface area contributed by atoms with Crippen LogP contribution in [0.5, 0.6) is 5.75 Å². The molecule has 0 bridgehead atoms. The van der Waals surface area contributed by atoms with E-state index in [1.807, 2.05) is 38.1 Å². The Morgan fingerprint density at radius 1 is 1.16 bits per heavy atom. The molecule has 0 radical (unpaired) electrons. The highest BCUT2D eigenvalue weighted by molar-refractivity contribution is 8.18. The zero-order chi connectivity index (χ0) is 18.3. The molecule has 1 aliphatic carbocycles. The van der Waals surface area contributed by atoms with Crippen molar-refractivity contribution in [3.63, 3.8) is 0 Å². The summed E-state index contributed by atoms with van der Waals surface area (Å²) in [5.41, 5.74) is 5.20. The number of amidine groups is 1. The van der Waals surface area contributed by atoms with E-state index in [2.05, 4.69) is 17.1 Å². The Balaban J connectivity index is 2.17. The van der Waals surface area contributed by atoms with Gasteiger partial charge in [-0.1, -0.05) is 26.0 Å². The number of hydrogen-bond donors (Lipinski definition) is 1. The molecule has 0 unspecified atom stereocenters. The molecule has 1 heterocycles. The lowest BCUT2D eigenvalue weighted by Crippen LogP contribution is -2.31. The third-order valence-electron chi connectivity index (χ3n) is 5.06. The molecule has 3 rings (SSSR count). The van der Waals surface area contributed by atoms with Crippen LogP contribution >= 0.6 is 23.5 Å². The van der Waals surface area contributed by atoms with Crippen LogP contribution in [-0.4, -0.2) is 28.7 Å². The van der Waals surface area contributed by atoms with E-state index in [9.17, 15) is 10.5 Å². The number of nitrogens with zero attached hydrogens (tertiary/aromatic N) is 3. The number of fused-ring (bicyclic) bond motifs is 1. The summed E-state index contributed by atoms with van der Waals surface area (Å²) >= 11 is 3.21. The maximum Gasteiger partial charge on any atom is 0.175 e. The van der Waals surface area contributed by atoms with E-state index in [1.54, 1.807) is 30.6 Å². The Bertz CT molecular complexity index is 789. The molecule has 25 heavy (non-hydrogen) atoms. The van der Waals surface area contributed by atoms with Crippen molar-refractivity contribution < 1.29 is 4.74 Å². The Labute approximate surface area is 156 Å². The van der Waals surface area contributed by atoms with Gasteiger partial charge in [-0.15, -0.1) is 23.5 Å². The highest BCUT2D eigenvalue weighted by Gasteiger charge is 2.91. The number of nitrogens with two attached hydrogens (primary N) is 1. The van der Waals surface area contributed by atoms with E-state index < -0.39 is 15.0 Å². The van der Waals surface area contributed by atoms with Gasteiger partial charge in [-0.25, -0.2) is 4.99 Å². The van der Waals surface area contributed by atoms with Crippen molar-refractivity contribution in [3.05, 3.63) is 29.8 Å². The Morgan fingerprint density at radius 2 is 1.76 bits per heavy atom. The van der Waals surface area contributed by atoms with Gasteiger partial charge in [0.1, 0.15) is 22.4 Å². The predicted octanol–water partition coefficient (Wildman–Crippen LogP) is 3.34. The Kier molecular flexibility index (Phi) is 4.43. The van der Waals surface area contributed by atoms with Gasteiger partial charge in [0.2, 0.25) is 0 Å². The van der Waals surface area contributed by atoms with Crippen molar-refractivity contribution in [1.29, 1.82) is 10.5 Å². The van der Waals surface area contributed by atoms with E-state index in [4.69, 9.17) is 10.5 Å². The van der Waals surface area contributed by atoms with Crippen molar-refractivity contribution in [2.75, 3.05) is 18.6 Å². The monoisotopic (exact) mass is 372 g/mol. The molecule has 1 aromatic carbocycles. The second kappa shape index (κ2) is 6.16. The summed E-state index contributed by atoms with van der Waals surface area (Å²) in [6.45, 7) is 4.08. The number of methoxy groups -OCH3 is 1. The van der Waals surface area contributed by atoms with Gasteiger partial charge < -0.3 is 10.5 Å². The second-order valence-corrected chi connectivity index (χ2v) is 9.16. The summed E-state index contributed by atoms with van der Waals surface area (Å²) in [7, 11) is 1.61. The SMILES string of the molecule is CCSC1(SCC)N=C(N)[C@]2(C#N)[C@@H](c3ccc(OC)cc3)[C@]12C#N. The predicted molar refractivity (Wildman–Crippen MR) is 102 cm³/mol. The molecule has 1 aromatic rings. The van der Waals surface area contributed by atoms with Crippen molar-refractivity contribution in [1.82, 2.24) is 0 Å². The molecule has 2 N–H and O–H groups in total. The fraction of sp³-hybridized carbons (Fsp3) is 0.500. The van der Waals surface area contributed by atoms with Gasteiger partial charge in [0.25, 0.3) is 0 Å². The summed E-state index contributed by atoms with van der Waals surface area (Å²) in [5.74, 6) is 2.34. The first kappa shape index (κ1) is 18.0. The zero-order valence-corrected chi connectivity index (χ0v) is 16.1. The smallest absolute Gasteiger partial charge is 0.175 e. The number of aliphatic imine (C=N–C) groups is 1. The van der Waals surface area contributed by atoms with Gasteiger partial charge >= 0.3 is 0 Å². The van der Waals surface area contributed by atoms with Crippen LogP contribution in [0.3, 0.4) is 0 Å². The fourth-order valence-electron chi connectivity index (χ4n) is 4.05. The molecule has 3 atom stereocenters. The summed E-state index contributed by atoms with van der Waals surface area (Å²) < 4.78 is 4.48. The maximum absolute atomic E-state index is 10.2. The number of rotatable bonds is 6. The molecule has 7 heteroatoms. The first-order valence-electron chi connectivity index (χ1n) is 8.13. The normalized spacial score (nSPS) is 31.4. The van der Waals surface area contributed by atoms with Crippen molar-refractivity contribution in [3.8, 4) is 17.9 Å². The van der Waals surface area contributed by atoms with Crippen LogP contribution in [0, 0.1) is 33.5 Å². The van der Waals surface area contributed by atoms with Crippen LogP contribution < -0.4 is 10.5 Å². The fourth-order valence-corrected chi connectivity index (χ4v) is 7.30. The van der Waals surface area contributed by atoms with E-state index in [1.165, 1.54) is 0 Å². The average molecular weight is 373 g/mol. The standard InChI is InChI=1S/C18H20N4OS2/c1-4-24-18(25-5-2)17(11-20)14(16(17,10-19)15(21)22-18)12-6-8-13(23-3)9-7-12/h6-9,14H,4-5H2,1-3H3,(H2,21,22)/t14-,16+,17+/m1/s1. The third-order valence-corrected chi connectivity index (χ3v) is 7.95. The average Bonchev–Trinajstić information content (AvgIpc) is 3.21. The molecule has 0 spiro atoms. The number of thioether (sulfide) groups is 2. The first-order chi connectivity index (χ1) is 12.0. The number of nitriles is 2. The Morgan fingerprint density at radius 3 is 2.20 bits per heavy atom. The topological polar surface area (TPSA) is 95.2 Å². The van der Waals surface area contributed by atoms with Gasteiger partial charge in [-0.05, 0) is 29.2 Å². The van der Waals surface area contributed by atoms with Crippen LogP contribution in [-0.2, 0) is 0 Å². The third kappa shape index (κ3) is 2.00. The van der Waals surface area contributed by atoms with Crippen molar-refractivity contribution >= 4 is 29.4 Å². The molecule has 0 amide bonds. The number of benzene rings is 1. The lowest BCUT2D eigenvalue weighted by atomic mass is 9.97. The summed E-state index contributed by atoms with van der Waals surface area (Å²) in [6, 6.07) is 12.4. The molecular weight excluding hydrogens is 352 g/mol. The zero-order valence-electron chi connectivity index (χ0n) is 14.4. The van der Waals surface area contributed by atoms with E-state index >= 15 is 0 Å². The maximum atomic E-state index is 10.2. The number of ether oxygens (including phenoxy) is 1. The van der Waals surface area contributed by atoms with Gasteiger partial charge in [0.05, 0.1) is 19.2 Å². The molecule has 2 aliphatic rings. The van der Waals surface area contributed by atoms with Crippen LogP contribution in [0.15, 0.2) is 29.3 Å². The number of hydrogen-bond acceptors (Lipinski definition) is 7. The van der Waals surface area contributed by atoms with Crippen molar-refractivity contribution in [2.24, 2.45) is 21.6 Å². The summed E-state index contributed by atoms with van der Waals surface area (Å²) in [6.07, 6.45) is 0. The molecule has 1 saturated carbocycles. The summed E-state index contributed by atoms with van der Waals surface area (Å²) in [5, 5.41) is 20.3. The molecule has 0 aromatic heterocycles. The summed E-state index contributed by atoms with van der Waals surface area (Å²) in [4.78, 5) is 4.68. The lowest BCUT2D eigenvalue weighted by molar-refractivity contribution is 0.414. The molecule has 1 fully saturated rings. The molecule has 1 aliphatic heterocycles. The van der Waals surface area contributed by atoms with Gasteiger partial charge in [-0.3, -0.25) is 0 Å². The highest BCUT2D eigenvalue weighted by Crippen LogP contribution is 2.85. The highest BCUT2D eigenvalue weighted by atomic mass is 32.2. The van der Waals surface area contributed by atoms with E-state index in [0.717, 1.165) is 22.8 Å². The van der Waals surface area contributed by atoms with Crippen LogP contribution in [0.1, 0.15) is 25.3 Å². The van der Waals surface area contributed by atoms with E-state index in [0.29, 0.717) is 5.84 Å². The molecular formula is C18H20N4OS2. The quantitative estimate of drug-likeness (QED) is 0.770. The van der Waals surface area contributed by atoms with Crippen molar-refractivity contribution in [2.45, 2.75) is 24.0 Å². The second-order valence-electron chi connectivity index (χ2n) is 5.99. The van der Waals surface area contributed by atoms with Crippen LogP contribution in [0.2, 0.25) is 0 Å². The van der Waals surface area contributed by atoms with Gasteiger partial charge in [0, 0.05) is 5.92 Å². The van der Waals surface area contributed by atoms with E-state index in [-0.39, 0.29) is 5.92 Å². The van der Waals surface area contributed by atoms with Crippen LogP contribution in [0.4, 0.5) is 0 Å². The minimum atomic E-state index is -1.05. The Hall–Kier alpha value is -1.83. The van der Waals surface area contributed by atoms with Gasteiger partial charge in [-0.2, -0.15) is 10.5 Å². The molecule has 130 valence electrons.